The van der Waals surface area contributed by atoms with E-state index in [1.807, 2.05) is 58.2 Å². The lowest BCUT2D eigenvalue weighted by Gasteiger charge is -2.43. The molecule has 0 aromatic carbocycles. The van der Waals surface area contributed by atoms with Crippen LogP contribution in [0.2, 0.25) is 0 Å². The Hall–Kier alpha value is -6.82. The van der Waals surface area contributed by atoms with Gasteiger partial charge in [-0.15, -0.1) is 0 Å². The fourth-order valence-corrected chi connectivity index (χ4v) is 18.3. The third kappa shape index (κ3) is 31.5. The van der Waals surface area contributed by atoms with Crippen molar-refractivity contribution in [2.24, 2.45) is 0 Å². The summed E-state index contributed by atoms with van der Waals surface area (Å²) in [5, 5.41) is 63.4. The van der Waals surface area contributed by atoms with Crippen LogP contribution in [-0.4, -0.2) is 324 Å². The normalized spacial score (nSPS) is 21.1. The molecule has 25 heteroatoms. The van der Waals surface area contributed by atoms with Gasteiger partial charge >= 0.3 is 0 Å². The molecule has 0 atom stereocenters. The molecular formula is C100H163N17O8. The molecule has 0 radical (unpaired) electrons. The summed E-state index contributed by atoms with van der Waals surface area (Å²) >= 11 is 0. The second kappa shape index (κ2) is 47.1. The molecule has 6 aromatic heterocycles. The maximum Gasteiger partial charge on any atom is 0.0913 e. The van der Waals surface area contributed by atoms with Crippen LogP contribution in [0.1, 0.15) is 250 Å². The van der Waals surface area contributed by atoms with Crippen LogP contribution in [0.5, 0.6) is 0 Å². The fourth-order valence-electron chi connectivity index (χ4n) is 18.3. The molecule has 0 bridgehead atoms. The lowest BCUT2D eigenvalue weighted by molar-refractivity contribution is -0.0472. The summed E-state index contributed by atoms with van der Waals surface area (Å²) in [5.41, 5.74) is 10.6. The Balaban J connectivity index is 0.000000157. The molecule has 0 aliphatic carbocycles. The number of β-amino-alcohol motifs (C(OH)–C–C–N with tert-alkyl or cyclic N) is 3. The van der Waals surface area contributed by atoms with Gasteiger partial charge in [0.1, 0.15) is 0 Å². The van der Waals surface area contributed by atoms with Crippen molar-refractivity contribution in [1.29, 1.82) is 0 Å². The van der Waals surface area contributed by atoms with Crippen molar-refractivity contribution < 1.29 is 40.1 Å². The van der Waals surface area contributed by atoms with Gasteiger partial charge in [0.15, 0.2) is 0 Å². The first-order chi connectivity index (χ1) is 59.5. The third-order valence-electron chi connectivity index (χ3n) is 27.2. The van der Waals surface area contributed by atoms with Crippen molar-refractivity contribution in [3.05, 3.63) is 144 Å². The van der Waals surface area contributed by atoms with Gasteiger partial charge < -0.3 is 84.2 Å². The van der Waals surface area contributed by atoms with Crippen LogP contribution in [0.15, 0.2) is 110 Å². The molecule has 9 aliphatic heterocycles. The topological polar surface area (TPSA) is 253 Å². The van der Waals surface area contributed by atoms with E-state index in [4.69, 9.17) is 9.47 Å². The zero-order valence-corrected chi connectivity index (χ0v) is 80.0. The molecule has 6 N–H and O–H groups in total. The number of likely N-dealkylation sites (N-methyl/N-ethyl adjacent to an activating group) is 2. The quantitative estimate of drug-likeness (QED) is 0.0369. The average Bonchev–Trinajstić information content (AvgIpc) is 1.45. The van der Waals surface area contributed by atoms with Crippen LogP contribution in [-0.2, 0) is 9.47 Å². The standard InChI is InChI=1S/C19H32N4O.C18H29N3O2.C18H29N3O.C16H27N3O.C15H24N2O2.C14H22N2O/c1-16(2)18-5-4-17(14-20-18)23-8-6-19(24,7-9-23)15-22-12-10-21(3)11-13-22;1-15(2)17-4-3-16(13-19-17)21-7-5-18(22,6-8-21)14-20-9-11-23-12-10-20;1-15(2)17-6-5-16(13-19-17)21-11-7-18(22,8-12-21)14-20-9-3-4-10-20;1-13(2)15-6-5-14(11-17-15)19-9-7-16(20,8-10-19)12-18(3)4;1-12(2)14-5-4-13(10-16-14)17-8-6-15(18,7-9-17)11-19-3;1-11(2)13-5-4-12(10-15-13)16-8-6-14(3,17)7-9-16/h4-5,14,16,24H,6-13,15H2,1-3H3;3-4,13,15,22H,5-12,14H2,1-2H3;5-6,13,15,22H,3-4,7-12,14H2,1-2H3;5-6,11,13,20H,7-10,12H2,1-4H3;4-5,10,12,18H,6-9,11H2,1-3H3;4-5,10-11,17H,6-9H2,1-3H3. The maximum atomic E-state index is 11.0. The number of likely N-dealkylation sites (tertiary alicyclic amines) is 1. The highest BCUT2D eigenvalue weighted by Gasteiger charge is 2.40. The summed E-state index contributed by atoms with van der Waals surface area (Å²) < 4.78 is 10.5. The van der Waals surface area contributed by atoms with Crippen LogP contribution in [0, 0.1) is 0 Å². The second-order valence-corrected chi connectivity index (χ2v) is 40.2. The number of aliphatic hydroxyl groups is 6. The van der Waals surface area contributed by atoms with Crippen LogP contribution < -0.4 is 29.4 Å². The molecule has 125 heavy (non-hydrogen) atoms. The van der Waals surface area contributed by atoms with E-state index in [-0.39, 0.29) is 0 Å². The highest BCUT2D eigenvalue weighted by Crippen LogP contribution is 2.35. The summed E-state index contributed by atoms with van der Waals surface area (Å²) in [7, 11) is 7.83. The van der Waals surface area contributed by atoms with Gasteiger partial charge in [0.2, 0.25) is 0 Å². The zero-order chi connectivity index (χ0) is 90.1. The molecule has 25 nitrogen and oxygen atoms in total. The molecule has 6 aromatic rings. The number of piperazine rings is 1. The Morgan fingerprint density at radius 3 is 0.784 bits per heavy atom. The number of hydrogen-bond acceptors (Lipinski definition) is 25. The van der Waals surface area contributed by atoms with Gasteiger partial charge in [0.05, 0.1) is 125 Å². The number of rotatable bonds is 22. The van der Waals surface area contributed by atoms with Crippen molar-refractivity contribution in [2.45, 2.75) is 249 Å². The molecule has 9 aliphatic rings. The molecule has 9 saturated heterocycles. The summed E-state index contributed by atoms with van der Waals surface area (Å²) in [6.45, 7) is 52.3. The molecule has 9 fully saturated rings. The van der Waals surface area contributed by atoms with Gasteiger partial charge in [0, 0.05) is 185 Å². The number of morpholine rings is 1. The molecule has 15 heterocycles. The lowest BCUT2D eigenvalue weighted by atomic mass is 9.90. The fraction of sp³-hybridized carbons (Fsp3) is 0.700. The minimum absolute atomic E-state index is 0.422. The van der Waals surface area contributed by atoms with E-state index < -0.39 is 33.6 Å². The van der Waals surface area contributed by atoms with Gasteiger partial charge in [-0.05, 0) is 239 Å². The first kappa shape index (κ1) is 100. The molecule has 696 valence electrons. The number of methoxy groups -OCH3 is 1. The van der Waals surface area contributed by atoms with Gasteiger partial charge in [-0.25, -0.2) is 0 Å². The lowest BCUT2D eigenvalue weighted by Crippen LogP contribution is -2.54. The van der Waals surface area contributed by atoms with E-state index in [1.165, 1.54) is 41.3 Å². The maximum absolute atomic E-state index is 11.0. The van der Waals surface area contributed by atoms with E-state index in [0.29, 0.717) is 42.1 Å². The number of aromatic nitrogens is 6. The molecule has 0 spiro atoms. The monoisotopic (exact) mass is 1730 g/mol. The molecular weight excluding hydrogens is 1570 g/mol. The predicted molar refractivity (Wildman–Crippen MR) is 511 cm³/mol. The van der Waals surface area contributed by atoms with Crippen LogP contribution in [0.25, 0.3) is 0 Å². The highest BCUT2D eigenvalue weighted by molar-refractivity contribution is 5.50. The van der Waals surface area contributed by atoms with Crippen LogP contribution in [0.3, 0.4) is 0 Å². The Labute approximate surface area is 752 Å². The zero-order valence-electron chi connectivity index (χ0n) is 80.0. The SMILES string of the molecule is CC(C)c1ccc(N2CCC(C)(O)CC2)cn1.CC(C)c1ccc(N2CCC(O)(CN(C)C)CC2)cn1.CC(C)c1ccc(N2CCC(O)(CN3CCCC3)CC2)cn1.CC(C)c1ccc(N2CCC(O)(CN3CCN(C)CC3)CC2)cn1.CC(C)c1ccc(N2CCC(O)(CN3CCOCC3)CC2)cn1.COCC1(O)CCN(c2ccc(C(C)C)nc2)CC1. The second-order valence-electron chi connectivity index (χ2n) is 40.2. The minimum atomic E-state index is -0.656. The Morgan fingerprint density at radius 2 is 0.552 bits per heavy atom. The van der Waals surface area contributed by atoms with E-state index in [9.17, 15) is 30.6 Å². The number of piperidine rings is 6. The largest absolute Gasteiger partial charge is 0.390 e. The number of ether oxygens (including phenoxy) is 2. The Kier molecular flexibility index (Phi) is 37.8. The third-order valence-corrected chi connectivity index (χ3v) is 27.2. The van der Waals surface area contributed by atoms with Crippen molar-refractivity contribution in [3.63, 3.8) is 0 Å². The van der Waals surface area contributed by atoms with E-state index in [2.05, 4.69) is 247 Å². The van der Waals surface area contributed by atoms with Crippen molar-refractivity contribution in [2.75, 3.05) is 235 Å². The average molecular weight is 1730 g/mol. The first-order valence-electron chi connectivity index (χ1n) is 47.6. The predicted octanol–water partition coefficient (Wildman–Crippen LogP) is 13.1. The molecule has 0 amide bonds. The summed E-state index contributed by atoms with van der Waals surface area (Å²) in [5.74, 6) is 2.81. The minimum Gasteiger partial charge on any atom is -0.390 e. The van der Waals surface area contributed by atoms with Crippen LogP contribution >= 0.6 is 0 Å². The van der Waals surface area contributed by atoms with E-state index in [0.717, 1.165) is 287 Å². The van der Waals surface area contributed by atoms with Gasteiger partial charge in [-0.2, -0.15) is 0 Å². The Morgan fingerprint density at radius 1 is 0.320 bits per heavy atom. The smallest absolute Gasteiger partial charge is 0.0913 e. The number of hydrogen-bond donors (Lipinski definition) is 6. The summed E-state index contributed by atoms with van der Waals surface area (Å²) in [6, 6.07) is 25.6. The first-order valence-corrected chi connectivity index (χ1v) is 47.6. The van der Waals surface area contributed by atoms with Crippen LogP contribution in [0.4, 0.5) is 34.1 Å². The molecule has 0 unspecified atom stereocenters. The number of nitrogens with zero attached hydrogens (tertiary/aromatic N) is 17. The van der Waals surface area contributed by atoms with Gasteiger partial charge in [0.25, 0.3) is 0 Å². The highest BCUT2D eigenvalue weighted by atomic mass is 16.5. The Bertz CT molecular complexity index is 4000. The molecule has 0 saturated carbocycles. The summed E-state index contributed by atoms with van der Waals surface area (Å²) in [6.07, 6.45) is 24.2. The summed E-state index contributed by atoms with van der Waals surface area (Å²) in [4.78, 5) is 52.8. The van der Waals surface area contributed by atoms with Crippen molar-refractivity contribution >= 4 is 34.1 Å². The van der Waals surface area contributed by atoms with E-state index >= 15 is 0 Å². The van der Waals surface area contributed by atoms with Crippen molar-refractivity contribution in [3.8, 4) is 0 Å². The van der Waals surface area contributed by atoms with Crippen molar-refractivity contribution in [1.82, 2.24) is 54.4 Å². The molecule has 15 rings (SSSR count). The van der Waals surface area contributed by atoms with Gasteiger partial charge in [-0.3, -0.25) is 39.7 Å². The number of pyridine rings is 6. The van der Waals surface area contributed by atoms with E-state index in [1.54, 1.807) is 7.11 Å². The van der Waals surface area contributed by atoms with Gasteiger partial charge in [-0.1, -0.05) is 83.1 Å². The number of anilines is 6.